The second kappa shape index (κ2) is 6.54. The van der Waals surface area contributed by atoms with E-state index in [0.717, 1.165) is 31.3 Å². The Hall–Kier alpha value is -1.36. The van der Waals surface area contributed by atoms with Gasteiger partial charge in [0.25, 0.3) is 0 Å². The highest BCUT2D eigenvalue weighted by Gasteiger charge is 2.12. The third-order valence-electron chi connectivity index (χ3n) is 3.37. The van der Waals surface area contributed by atoms with Crippen LogP contribution in [0.5, 0.6) is 0 Å². The predicted molar refractivity (Wildman–Crippen MR) is 74.8 cm³/mol. The molecule has 0 aromatic carbocycles. The normalized spacial score (nSPS) is 17.6. The number of piperidine rings is 1. The van der Waals surface area contributed by atoms with E-state index in [4.69, 9.17) is 5.73 Å². The quantitative estimate of drug-likeness (QED) is 0.827. The number of anilines is 2. The van der Waals surface area contributed by atoms with Gasteiger partial charge in [0.1, 0.15) is 18.0 Å². The van der Waals surface area contributed by atoms with Crippen LogP contribution >= 0.6 is 0 Å². The van der Waals surface area contributed by atoms with Crippen molar-refractivity contribution in [1.82, 2.24) is 9.97 Å². The molecule has 2 rings (SSSR count). The van der Waals surface area contributed by atoms with Crippen LogP contribution in [0.4, 0.5) is 11.6 Å². The van der Waals surface area contributed by atoms with Gasteiger partial charge in [-0.1, -0.05) is 6.92 Å². The lowest BCUT2D eigenvalue weighted by atomic mass is 10.1. The van der Waals surface area contributed by atoms with Gasteiger partial charge in [0.2, 0.25) is 0 Å². The average molecular weight is 249 g/mol. The molecule has 0 bridgehead atoms. The van der Waals surface area contributed by atoms with Crippen molar-refractivity contribution in [2.45, 2.75) is 26.2 Å². The Balaban J connectivity index is 1.96. The molecule has 3 N–H and O–H groups in total. The van der Waals surface area contributed by atoms with Crippen LogP contribution in [0, 0.1) is 5.92 Å². The van der Waals surface area contributed by atoms with Crippen molar-refractivity contribution in [1.29, 1.82) is 0 Å². The molecule has 1 aromatic rings. The monoisotopic (exact) mass is 249 g/mol. The van der Waals surface area contributed by atoms with Gasteiger partial charge in [0.05, 0.1) is 0 Å². The van der Waals surface area contributed by atoms with E-state index in [1.807, 2.05) is 6.07 Å². The third-order valence-corrected chi connectivity index (χ3v) is 3.37. The summed E-state index contributed by atoms with van der Waals surface area (Å²) in [5, 5.41) is 3.32. The summed E-state index contributed by atoms with van der Waals surface area (Å²) < 4.78 is 0. The Morgan fingerprint density at radius 2 is 2.11 bits per heavy atom. The van der Waals surface area contributed by atoms with Gasteiger partial charge >= 0.3 is 0 Å². The molecule has 0 radical (unpaired) electrons. The van der Waals surface area contributed by atoms with Crippen molar-refractivity contribution in [3.63, 3.8) is 0 Å². The summed E-state index contributed by atoms with van der Waals surface area (Å²) in [4.78, 5) is 10.9. The first kappa shape index (κ1) is 13.1. The molecule has 1 aromatic heterocycles. The number of rotatable bonds is 5. The van der Waals surface area contributed by atoms with E-state index in [1.165, 1.54) is 19.3 Å². The largest absolute Gasteiger partial charge is 0.370 e. The van der Waals surface area contributed by atoms with Crippen LogP contribution in [-0.2, 0) is 0 Å². The van der Waals surface area contributed by atoms with Crippen molar-refractivity contribution in [2.24, 2.45) is 11.7 Å². The maximum atomic E-state index is 5.60. The molecule has 0 aliphatic carbocycles. The van der Waals surface area contributed by atoms with Gasteiger partial charge in [-0.25, -0.2) is 9.97 Å². The van der Waals surface area contributed by atoms with Crippen LogP contribution in [0.3, 0.4) is 0 Å². The zero-order valence-corrected chi connectivity index (χ0v) is 11.1. The summed E-state index contributed by atoms with van der Waals surface area (Å²) in [5.74, 6) is 2.39. The fourth-order valence-corrected chi connectivity index (χ4v) is 2.10. The minimum atomic E-state index is 0.457. The highest BCUT2D eigenvalue weighted by Crippen LogP contribution is 2.19. The van der Waals surface area contributed by atoms with Crippen molar-refractivity contribution in [2.75, 3.05) is 36.4 Å². The summed E-state index contributed by atoms with van der Waals surface area (Å²) in [6.45, 7) is 5.88. The van der Waals surface area contributed by atoms with Crippen LogP contribution in [-0.4, -0.2) is 36.1 Å². The standard InChI is InChI=1S/C13H23N5/c1-11(8-14)9-15-12-7-13(17-10-16-12)18-5-3-2-4-6-18/h7,10-11H,2-6,8-9,14H2,1H3,(H,15,16,17). The lowest BCUT2D eigenvalue weighted by Crippen LogP contribution is -2.30. The molecule has 0 amide bonds. The molecule has 0 saturated carbocycles. The van der Waals surface area contributed by atoms with Gasteiger partial charge in [-0.05, 0) is 31.7 Å². The Labute approximate surface area is 109 Å². The van der Waals surface area contributed by atoms with Crippen molar-refractivity contribution in [3.05, 3.63) is 12.4 Å². The van der Waals surface area contributed by atoms with Gasteiger partial charge in [-0.15, -0.1) is 0 Å². The molecule has 0 spiro atoms. The Bertz CT molecular complexity index is 362. The smallest absolute Gasteiger partial charge is 0.134 e. The summed E-state index contributed by atoms with van der Waals surface area (Å²) in [7, 11) is 0. The zero-order valence-electron chi connectivity index (χ0n) is 11.1. The van der Waals surface area contributed by atoms with E-state index in [2.05, 4.69) is 27.1 Å². The first-order valence-electron chi connectivity index (χ1n) is 6.80. The van der Waals surface area contributed by atoms with Gasteiger partial charge in [0, 0.05) is 25.7 Å². The number of hydrogen-bond donors (Lipinski definition) is 2. The highest BCUT2D eigenvalue weighted by atomic mass is 15.2. The molecule has 1 unspecified atom stereocenters. The number of nitrogens with one attached hydrogen (secondary N) is 1. The van der Waals surface area contributed by atoms with Crippen LogP contribution in [0.15, 0.2) is 12.4 Å². The van der Waals surface area contributed by atoms with Crippen LogP contribution in [0.1, 0.15) is 26.2 Å². The van der Waals surface area contributed by atoms with Crippen molar-refractivity contribution >= 4 is 11.6 Å². The number of aromatic nitrogens is 2. The van der Waals surface area contributed by atoms with E-state index < -0.39 is 0 Å². The summed E-state index contributed by atoms with van der Waals surface area (Å²) in [6.07, 6.45) is 5.49. The molecule has 1 aliphatic heterocycles. The average Bonchev–Trinajstić information content (AvgIpc) is 2.46. The second-order valence-electron chi connectivity index (χ2n) is 5.03. The van der Waals surface area contributed by atoms with E-state index >= 15 is 0 Å². The van der Waals surface area contributed by atoms with Crippen molar-refractivity contribution in [3.8, 4) is 0 Å². The minimum Gasteiger partial charge on any atom is -0.370 e. The lowest BCUT2D eigenvalue weighted by Gasteiger charge is -2.27. The topological polar surface area (TPSA) is 67.1 Å². The molecule has 1 atom stereocenters. The molecule has 100 valence electrons. The number of nitrogens with two attached hydrogens (primary N) is 1. The lowest BCUT2D eigenvalue weighted by molar-refractivity contribution is 0.573. The first-order valence-corrected chi connectivity index (χ1v) is 6.80. The number of nitrogens with zero attached hydrogens (tertiary/aromatic N) is 3. The van der Waals surface area contributed by atoms with Crippen LogP contribution in [0.2, 0.25) is 0 Å². The molecule has 5 heteroatoms. The Morgan fingerprint density at radius 1 is 1.33 bits per heavy atom. The molecule has 5 nitrogen and oxygen atoms in total. The Kier molecular flexibility index (Phi) is 4.75. The summed E-state index contributed by atoms with van der Waals surface area (Å²) >= 11 is 0. The van der Waals surface area contributed by atoms with Crippen molar-refractivity contribution < 1.29 is 0 Å². The van der Waals surface area contributed by atoms with E-state index in [9.17, 15) is 0 Å². The fourth-order valence-electron chi connectivity index (χ4n) is 2.10. The van der Waals surface area contributed by atoms with Gasteiger partial charge in [0.15, 0.2) is 0 Å². The SMILES string of the molecule is CC(CN)CNc1cc(N2CCCCC2)ncn1. The van der Waals surface area contributed by atoms with Gasteiger partial charge in [-0.3, -0.25) is 0 Å². The minimum absolute atomic E-state index is 0.457. The van der Waals surface area contributed by atoms with Crippen LogP contribution in [0.25, 0.3) is 0 Å². The van der Waals surface area contributed by atoms with Gasteiger partial charge < -0.3 is 16.0 Å². The molecule has 18 heavy (non-hydrogen) atoms. The molecule has 2 heterocycles. The molecular weight excluding hydrogens is 226 g/mol. The number of hydrogen-bond acceptors (Lipinski definition) is 5. The van der Waals surface area contributed by atoms with Crippen LogP contribution < -0.4 is 16.0 Å². The van der Waals surface area contributed by atoms with E-state index in [1.54, 1.807) is 6.33 Å². The molecule has 1 fully saturated rings. The molecular formula is C13H23N5. The zero-order chi connectivity index (χ0) is 12.8. The summed E-state index contributed by atoms with van der Waals surface area (Å²) in [6, 6.07) is 2.04. The van der Waals surface area contributed by atoms with Gasteiger partial charge in [-0.2, -0.15) is 0 Å². The maximum absolute atomic E-state index is 5.60. The maximum Gasteiger partial charge on any atom is 0.134 e. The fraction of sp³-hybridized carbons (Fsp3) is 0.692. The van der Waals surface area contributed by atoms with E-state index in [0.29, 0.717) is 12.5 Å². The third kappa shape index (κ3) is 3.57. The second-order valence-corrected chi connectivity index (χ2v) is 5.03. The van der Waals surface area contributed by atoms with E-state index in [-0.39, 0.29) is 0 Å². The highest BCUT2D eigenvalue weighted by molar-refractivity contribution is 5.48. The Morgan fingerprint density at radius 3 is 2.83 bits per heavy atom. The molecule has 1 saturated heterocycles. The summed E-state index contributed by atoms with van der Waals surface area (Å²) in [5.41, 5.74) is 5.60. The molecule has 1 aliphatic rings. The predicted octanol–water partition coefficient (Wildman–Crippen LogP) is 1.47. The first-order chi connectivity index (χ1) is 8.79.